The number of thioether (sulfide) groups is 1. The van der Waals surface area contributed by atoms with Crippen molar-refractivity contribution in [2.24, 2.45) is 5.92 Å². The third-order valence-electron chi connectivity index (χ3n) is 4.22. The van der Waals surface area contributed by atoms with E-state index in [2.05, 4.69) is 6.08 Å². The largest absolute Gasteiger partial charge is 0.389 e. The number of allylic oxidation sites excluding steroid dienone is 1. The van der Waals surface area contributed by atoms with Crippen molar-refractivity contribution in [3.63, 3.8) is 0 Å². The van der Waals surface area contributed by atoms with E-state index in [1.165, 1.54) is 29.9 Å². The first-order valence-corrected chi connectivity index (χ1v) is 7.53. The molecule has 1 N–H and O–H groups in total. The molecular weight excluding hydrogens is 220 g/mol. The molecule has 2 saturated heterocycles. The van der Waals surface area contributed by atoms with Gasteiger partial charge in [-0.25, -0.2) is 0 Å². The number of aliphatic hydroxyl groups excluding tert-OH is 1. The predicted octanol–water partition coefficient (Wildman–Crippen LogP) is 2.37. The smallest absolute Gasteiger partial charge is 0.0786 e. The number of hydrogen-bond donors (Lipinski definition) is 1. The van der Waals surface area contributed by atoms with Crippen LogP contribution in [0.3, 0.4) is 0 Å². The highest BCUT2D eigenvalue weighted by Gasteiger charge is 2.41. The summed E-state index contributed by atoms with van der Waals surface area (Å²) in [5, 5.41) is 9.58. The molecule has 1 aliphatic carbocycles. The lowest BCUT2D eigenvalue weighted by atomic mass is 9.81. The van der Waals surface area contributed by atoms with Gasteiger partial charge in [-0.1, -0.05) is 11.6 Å². The van der Waals surface area contributed by atoms with E-state index in [0.29, 0.717) is 5.92 Å². The lowest BCUT2D eigenvalue weighted by Gasteiger charge is -2.38. The highest BCUT2D eigenvalue weighted by Crippen LogP contribution is 2.44. The fraction of sp³-hybridized carbons (Fsp3) is 0.846. The summed E-state index contributed by atoms with van der Waals surface area (Å²) >= 11 is 2.03. The van der Waals surface area contributed by atoms with Crippen LogP contribution in [0.5, 0.6) is 0 Å². The quantitative estimate of drug-likeness (QED) is 0.714. The second kappa shape index (κ2) is 4.35. The van der Waals surface area contributed by atoms with Crippen LogP contribution in [0, 0.1) is 5.92 Å². The van der Waals surface area contributed by atoms with E-state index < -0.39 is 0 Å². The zero-order valence-corrected chi connectivity index (χ0v) is 10.5. The summed E-state index contributed by atoms with van der Waals surface area (Å²) in [6, 6.07) is 0. The molecule has 2 fully saturated rings. The Kier molecular flexibility index (Phi) is 3.03. The zero-order valence-electron chi connectivity index (χ0n) is 9.65. The second-order valence-corrected chi connectivity index (χ2v) is 6.48. The molecular formula is C13H20O2S. The van der Waals surface area contributed by atoms with Crippen molar-refractivity contribution in [3.8, 4) is 0 Å². The summed E-state index contributed by atoms with van der Waals surface area (Å²) in [5.74, 6) is 3.12. The van der Waals surface area contributed by atoms with Gasteiger partial charge in [0.25, 0.3) is 0 Å². The number of aliphatic hydroxyl groups is 1. The van der Waals surface area contributed by atoms with E-state index in [4.69, 9.17) is 4.74 Å². The summed E-state index contributed by atoms with van der Waals surface area (Å²) in [5.41, 5.74) is 1.69. The maximum atomic E-state index is 9.58. The van der Waals surface area contributed by atoms with Crippen molar-refractivity contribution in [2.45, 2.75) is 43.8 Å². The first kappa shape index (κ1) is 11.1. The summed E-state index contributed by atoms with van der Waals surface area (Å²) in [6.07, 6.45) is 7.55. The summed E-state index contributed by atoms with van der Waals surface area (Å²) in [4.78, 5) is 0. The lowest BCUT2D eigenvalue weighted by molar-refractivity contribution is -0.0737. The molecule has 0 aromatic heterocycles. The normalized spacial score (nSPS) is 43.9. The molecule has 3 heteroatoms. The number of hydrogen-bond acceptors (Lipinski definition) is 3. The zero-order chi connectivity index (χ0) is 11.0. The van der Waals surface area contributed by atoms with Crippen LogP contribution in [0.25, 0.3) is 0 Å². The van der Waals surface area contributed by atoms with Crippen LogP contribution in [0.15, 0.2) is 11.6 Å². The van der Waals surface area contributed by atoms with E-state index >= 15 is 0 Å². The molecule has 90 valence electrons. The van der Waals surface area contributed by atoms with Crippen LogP contribution in [0.1, 0.15) is 32.1 Å². The van der Waals surface area contributed by atoms with Gasteiger partial charge in [-0.3, -0.25) is 0 Å². The van der Waals surface area contributed by atoms with Crippen molar-refractivity contribution < 1.29 is 9.84 Å². The highest BCUT2D eigenvalue weighted by molar-refractivity contribution is 7.99. The predicted molar refractivity (Wildman–Crippen MR) is 66.7 cm³/mol. The molecule has 0 radical (unpaired) electrons. The van der Waals surface area contributed by atoms with Crippen LogP contribution in [-0.4, -0.2) is 34.9 Å². The molecule has 0 saturated carbocycles. The van der Waals surface area contributed by atoms with E-state index in [1.54, 1.807) is 0 Å². The van der Waals surface area contributed by atoms with E-state index in [1.807, 2.05) is 11.8 Å². The molecule has 2 nitrogen and oxygen atoms in total. The van der Waals surface area contributed by atoms with Crippen LogP contribution in [-0.2, 0) is 4.74 Å². The van der Waals surface area contributed by atoms with E-state index in [9.17, 15) is 5.11 Å². The van der Waals surface area contributed by atoms with Crippen molar-refractivity contribution in [3.05, 3.63) is 11.6 Å². The molecule has 0 bridgehead atoms. The van der Waals surface area contributed by atoms with Gasteiger partial charge in [-0.15, -0.1) is 0 Å². The molecule has 3 atom stereocenters. The average Bonchev–Trinajstić information content (AvgIpc) is 2.89. The Morgan fingerprint density at radius 1 is 1.44 bits per heavy atom. The molecule has 2 heterocycles. The maximum Gasteiger partial charge on any atom is 0.0786 e. The van der Waals surface area contributed by atoms with Gasteiger partial charge in [-0.2, -0.15) is 11.8 Å². The molecule has 3 unspecified atom stereocenters. The monoisotopic (exact) mass is 240 g/mol. The van der Waals surface area contributed by atoms with Crippen molar-refractivity contribution in [2.75, 3.05) is 18.1 Å². The van der Waals surface area contributed by atoms with Crippen molar-refractivity contribution in [1.82, 2.24) is 0 Å². The molecule has 16 heavy (non-hydrogen) atoms. The highest BCUT2D eigenvalue weighted by atomic mass is 32.2. The SMILES string of the molecule is OC1C=C(C2CCOC3(CCSC3)C2)CC1. The van der Waals surface area contributed by atoms with E-state index in [0.717, 1.165) is 25.9 Å². The topological polar surface area (TPSA) is 29.5 Å². The van der Waals surface area contributed by atoms with Crippen LogP contribution in [0.4, 0.5) is 0 Å². The second-order valence-electron chi connectivity index (χ2n) is 5.37. The fourth-order valence-electron chi connectivity index (χ4n) is 3.28. The minimum atomic E-state index is -0.174. The molecule has 2 aliphatic heterocycles. The Labute approximate surface area is 101 Å². The molecule has 0 aromatic carbocycles. The molecule has 3 rings (SSSR count). The van der Waals surface area contributed by atoms with Gasteiger partial charge >= 0.3 is 0 Å². The Balaban J connectivity index is 1.70. The molecule has 0 aromatic rings. The Bertz CT molecular complexity index is 294. The number of rotatable bonds is 1. The van der Waals surface area contributed by atoms with Crippen LogP contribution in [0.2, 0.25) is 0 Å². The van der Waals surface area contributed by atoms with Gasteiger partial charge in [0.2, 0.25) is 0 Å². The van der Waals surface area contributed by atoms with E-state index in [-0.39, 0.29) is 11.7 Å². The maximum absolute atomic E-state index is 9.58. The van der Waals surface area contributed by atoms with Gasteiger partial charge in [0.05, 0.1) is 11.7 Å². The standard InChI is InChI=1S/C13H20O2S/c14-12-2-1-10(7-12)11-3-5-15-13(8-11)4-6-16-9-13/h7,11-12,14H,1-6,8-9H2. The van der Waals surface area contributed by atoms with Gasteiger partial charge in [0.1, 0.15) is 0 Å². The number of ether oxygens (including phenoxy) is 1. The minimum Gasteiger partial charge on any atom is -0.389 e. The summed E-state index contributed by atoms with van der Waals surface area (Å²) in [7, 11) is 0. The summed E-state index contributed by atoms with van der Waals surface area (Å²) in [6.45, 7) is 0.915. The average molecular weight is 240 g/mol. The Morgan fingerprint density at radius 3 is 3.06 bits per heavy atom. The van der Waals surface area contributed by atoms with Gasteiger partial charge in [-0.05, 0) is 43.8 Å². The van der Waals surface area contributed by atoms with Crippen molar-refractivity contribution in [1.29, 1.82) is 0 Å². The first-order chi connectivity index (χ1) is 7.77. The van der Waals surface area contributed by atoms with Crippen LogP contribution < -0.4 is 0 Å². The molecule has 3 aliphatic rings. The Hall–Kier alpha value is 0.01000. The molecule has 0 amide bonds. The van der Waals surface area contributed by atoms with Crippen LogP contribution >= 0.6 is 11.8 Å². The van der Waals surface area contributed by atoms with Gasteiger partial charge in [0, 0.05) is 12.4 Å². The van der Waals surface area contributed by atoms with Crippen molar-refractivity contribution >= 4 is 11.8 Å². The first-order valence-electron chi connectivity index (χ1n) is 6.38. The molecule has 1 spiro atoms. The van der Waals surface area contributed by atoms with Gasteiger partial charge in [0.15, 0.2) is 0 Å². The Morgan fingerprint density at radius 2 is 2.38 bits per heavy atom. The third kappa shape index (κ3) is 2.05. The summed E-state index contributed by atoms with van der Waals surface area (Å²) < 4.78 is 6.03. The van der Waals surface area contributed by atoms with Gasteiger partial charge < -0.3 is 9.84 Å². The minimum absolute atomic E-state index is 0.174. The third-order valence-corrected chi connectivity index (χ3v) is 5.44. The lowest BCUT2D eigenvalue weighted by Crippen LogP contribution is -2.40. The fourth-order valence-corrected chi connectivity index (χ4v) is 4.65.